The fraction of sp³-hybridized carbons (Fsp3) is 0.333. The van der Waals surface area contributed by atoms with Crippen LogP contribution in [0.3, 0.4) is 0 Å². The van der Waals surface area contributed by atoms with E-state index in [4.69, 9.17) is 4.74 Å². The molecule has 0 bridgehead atoms. The summed E-state index contributed by atoms with van der Waals surface area (Å²) in [5.74, 6) is 0.718. The molecule has 2 unspecified atom stereocenters. The van der Waals surface area contributed by atoms with Gasteiger partial charge in [-0.05, 0) is 73.5 Å². The number of hydrogen-bond donors (Lipinski definition) is 1. The number of hydrogen-bond acceptors (Lipinski definition) is 5. The van der Waals surface area contributed by atoms with E-state index in [1.54, 1.807) is 24.3 Å². The van der Waals surface area contributed by atoms with Crippen molar-refractivity contribution in [1.29, 1.82) is 0 Å². The van der Waals surface area contributed by atoms with E-state index in [0.29, 0.717) is 17.8 Å². The molecule has 1 fully saturated rings. The third kappa shape index (κ3) is 6.82. The number of aromatic hydroxyl groups is 1. The SMILES string of the molecule is CC1CN(c2ccc(O)cc2)CC(C)N1Cc1ccc(OCc2ccc(OC(F)(F)F)cc2)cc1. The van der Waals surface area contributed by atoms with Crippen LogP contribution in [0.5, 0.6) is 17.2 Å². The van der Waals surface area contributed by atoms with E-state index >= 15 is 0 Å². The van der Waals surface area contributed by atoms with Crippen LogP contribution in [0, 0.1) is 0 Å². The number of phenolic OH excluding ortho intramolecular Hbond substituents is 1. The number of ether oxygens (including phenoxy) is 2. The highest BCUT2D eigenvalue weighted by Gasteiger charge is 2.31. The molecule has 3 aromatic carbocycles. The Hall–Kier alpha value is -3.39. The number of alkyl halides is 3. The molecule has 0 spiro atoms. The van der Waals surface area contributed by atoms with Gasteiger partial charge in [-0.3, -0.25) is 4.90 Å². The van der Waals surface area contributed by atoms with Gasteiger partial charge in [0.25, 0.3) is 0 Å². The first-order valence-electron chi connectivity index (χ1n) is 11.5. The lowest BCUT2D eigenvalue weighted by Crippen LogP contribution is -2.56. The molecular formula is C27H29F3N2O3. The summed E-state index contributed by atoms with van der Waals surface area (Å²) < 4.78 is 46.5. The van der Waals surface area contributed by atoms with Crippen molar-refractivity contribution >= 4 is 5.69 Å². The van der Waals surface area contributed by atoms with Gasteiger partial charge in [-0.2, -0.15) is 0 Å². The van der Waals surface area contributed by atoms with Gasteiger partial charge in [0.15, 0.2) is 0 Å². The second-order valence-electron chi connectivity index (χ2n) is 8.92. The van der Waals surface area contributed by atoms with Crippen LogP contribution in [0.1, 0.15) is 25.0 Å². The summed E-state index contributed by atoms with van der Waals surface area (Å²) in [6, 6.07) is 21.6. The second kappa shape index (κ2) is 10.5. The molecule has 0 aliphatic carbocycles. The molecule has 1 heterocycles. The average molecular weight is 487 g/mol. The largest absolute Gasteiger partial charge is 0.573 e. The molecule has 1 aliphatic rings. The molecule has 4 rings (SSSR count). The summed E-state index contributed by atoms with van der Waals surface area (Å²) >= 11 is 0. The van der Waals surface area contributed by atoms with Gasteiger partial charge in [-0.25, -0.2) is 0 Å². The third-order valence-electron chi connectivity index (χ3n) is 6.17. The maximum atomic E-state index is 12.3. The van der Waals surface area contributed by atoms with E-state index in [1.807, 2.05) is 36.4 Å². The van der Waals surface area contributed by atoms with Crippen LogP contribution in [-0.2, 0) is 13.2 Å². The standard InChI is InChI=1S/C27H29F3N2O3/c1-19-15-31(23-7-9-24(33)10-8-23)16-20(2)32(19)17-21-3-11-25(12-4-21)34-18-22-5-13-26(14-6-22)35-27(28,29)30/h3-14,19-20,33H,15-18H2,1-2H3. The van der Waals surface area contributed by atoms with E-state index < -0.39 is 6.36 Å². The molecule has 0 radical (unpaired) electrons. The lowest BCUT2D eigenvalue weighted by atomic mass is 10.0. The molecule has 8 heteroatoms. The van der Waals surface area contributed by atoms with Gasteiger partial charge in [-0.1, -0.05) is 24.3 Å². The van der Waals surface area contributed by atoms with Crippen molar-refractivity contribution in [3.63, 3.8) is 0 Å². The first-order valence-corrected chi connectivity index (χ1v) is 11.5. The number of benzene rings is 3. The zero-order valence-corrected chi connectivity index (χ0v) is 19.7. The van der Waals surface area contributed by atoms with E-state index in [9.17, 15) is 18.3 Å². The van der Waals surface area contributed by atoms with Crippen LogP contribution in [0.25, 0.3) is 0 Å². The molecule has 1 N–H and O–H groups in total. The predicted octanol–water partition coefficient (Wildman–Crippen LogP) is 5.97. The Bertz CT molecular complexity index is 1070. The first kappa shape index (κ1) is 24.7. The zero-order chi connectivity index (χ0) is 25.0. The second-order valence-corrected chi connectivity index (χ2v) is 8.92. The summed E-state index contributed by atoms with van der Waals surface area (Å²) in [6.07, 6.45) is -4.70. The highest BCUT2D eigenvalue weighted by Crippen LogP contribution is 2.27. The van der Waals surface area contributed by atoms with Gasteiger partial charge in [0.2, 0.25) is 0 Å². The summed E-state index contributed by atoms with van der Waals surface area (Å²) in [5.41, 5.74) is 3.05. The van der Waals surface area contributed by atoms with Gasteiger partial charge in [0.05, 0.1) is 0 Å². The number of rotatable bonds is 7. The lowest BCUT2D eigenvalue weighted by molar-refractivity contribution is -0.274. The van der Waals surface area contributed by atoms with Crippen LogP contribution < -0.4 is 14.4 Å². The number of piperazine rings is 1. The number of nitrogens with zero attached hydrogens (tertiary/aromatic N) is 2. The average Bonchev–Trinajstić information content (AvgIpc) is 2.81. The molecule has 0 amide bonds. The molecule has 1 saturated heterocycles. The summed E-state index contributed by atoms with van der Waals surface area (Å²) in [4.78, 5) is 4.83. The molecule has 0 aromatic heterocycles. The number of anilines is 1. The molecular weight excluding hydrogens is 457 g/mol. The monoisotopic (exact) mass is 486 g/mol. The fourth-order valence-corrected chi connectivity index (χ4v) is 4.40. The van der Waals surface area contributed by atoms with Crippen molar-refractivity contribution < 1.29 is 27.8 Å². The molecule has 5 nitrogen and oxygen atoms in total. The summed E-state index contributed by atoms with van der Waals surface area (Å²) in [5, 5.41) is 9.55. The number of halogens is 3. The smallest absolute Gasteiger partial charge is 0.508 e. The quantitative estimate of drug-likeness (QED) is 0.446. The Morgan fingerprint density at radius 3 is 1.91 bits per heavy atom. The Morgan fingerprint density at radius 1 is 0.800 bits per heavy atom. The lowest BCUT2D eigenvalue weighted by Gasteiger charge is -2.45. The zero-order valence-electron chi connectivity index (χ0n) is 19.7. The van der Waals surface area contributed by atoms with E-state index in [1.165, 1.54) is 17.7 Å². The summed E-state index contributed by atoms with van der Waals surface area (Å²) in [6.45, 7) is 7.34. The van der Waals surface area contributed by atoms with Crippen LogP contribution in [0.4, 0.5) is 18.9 Å². The van der Waals surface area contributed by atoms with E-state index in [2.05, 4.69) is 28.4 Å². The van der Waals surface area contributed by atoms with Gasteiger partial charge in [-0.15, -0.1) is 13.2 Å². The third-order valence-corrected chi connectivity index (χ3v) is 6.17. The maximum Gasteiger partial charge on any atom is 0.573 e. The van der Waals surface area contributed by atoms with Gasteiger partial charge < -0.3 is 19.5 Å². The highest BCUT2D eigenvalue weighted by atomic mass is 19.4. The Balaban J connectivity index is 1.29. The normalized spacial score (nSPS) is 18.9. The van der Waals surface area contributed by atoms with Crippen LogP contribution in [0.2, 0.25) is 0 Å². The minimum absolute atomic E-state index is 0.249. The van der Waals surface area contributed by atoms with Crippen molar-refractivity contribution in [2.75, 3.05) is 18.0 Å². The van der Waals surface area contributed by atoms with E-state index in [-0.39, 0.29) is 18.1 Å². The van der Waals surface area contributed by atoms with Gasteiger partial charge in [0, 0.05) is 37.4 Å². The Labute approximate surface area is 203 Å². The number of phenols is 1. The van der Waals surface area contributed by atoms with Crippen LogP contribution in [-0.4, -0.2) is 41.5 Å². The molecule has 1 aliphatic heterocycles. The first-order chi connectivity index (χ1) is 16.7. The molecule has 35 heavy (non-hydrogen) atoms. The van der Waals surface area contributed by atoms with Gasteiger partial charge >= 0.3 is 6.36 Å². The highest BCUT2D eigenvalue weighted by molar-refractivity contribution is 5.49. The van der Waals surface area contributed by atoms with Crippen molar-refractivity contribution in [2.24, 2.45) is 0 Å². The summed E-state index contributed by atoms with van der Waals surface area (Å²) in [7, 11) is 0. The molecule has 186 valence electrons. The fourth-order valence-electron chi connectivity index (χ4n) is 4.40. The van der Waals surface area contributed by atoms with Crippen molar-refractivity contribution in [3.05, 3.63) is 83.9 Å². The minimum Gasteiger partial charge on any atom is -0.508 e. The topological polar surface area (TPSA) is 45.2 Å². The Morgan fingerprint density at radius 2 is 1.34 bits per heavy atom. The van der Waals surface area contributed by atoms with Crippen molar-refractivity contribution in [2.45, 2.75) is 45.4 Å². The Kier molecular flexibility index (Phi) is 7.40. The molecule has 3 aromatic rings. The van der Waals surface area contributed by atoms with Crippen LogP contribution in [0.15, 0.2) is 72.8 Å². The van der Waals surface area contributed by atoms with Crippen molar-refractivity contribution in [3.8, 4) is 17.2 Å². The van der Waals surface area contributed by atoms with Crippen molar-refractivity contribution in [1.82, 2.24) is 4.90 Å². The van der Waals surface area contributed by atoms with Gasteiger partial charge in [0.1, 0.15) is 23.9 Å². The molecule has 0 saturated carbocycles. The van der Waals surface area contributed by atoms with Crippen LogP contribution >= 0.6 is 0 Å². The molecule has 2 atom stereocenters. The predicted molar refractivity (Wildman–Crippen MR) is 129 cm³/mol. The maximum absolute atomic E-state index is 12.3. The van der Waals surface area contributed by atoms with E-state index in [0.717, 1.165) is 30.9 Å². The minimum atomic E-state index is -4.70.